The lowest BCUT2D eigenvalue weighted by atomic mass is 10.1. The van der Waals surface area contributed by atoms with E-state index in [1.165, 1.54) is 30.7 Å². The van der Waals surface area contributed by atoms with E-state index in [4.69, 9.17) is 13.0 Å². The number of benzene rings is 1. The van der Waals surface area contributed by atoms with Gasteiger partial charge in [0.1, 0.15) is 23.4 Å². The number of nitrogens with one attached hydrogen (secondary N) is 2. The van der Waals surface area contributed by atoms with Crippen molar-refractivity contribution in [2.75, 3.05) is 4.72 Å². The van der Waals surface area contributed by atoms with Gasteiger partial charge < -0.3 is 4.98 Å². The van der Waals surface area contributed by atoms with Crippen molar-refractivity contribution in [3.63, 3.8) is 0 Å². The number of carbonyl (C=O) groups excluding carboxylic acids is 1. The second kappa shape index (κ2) is 7.51. The van der Waals surface area contributed by atoms with Crippen LogP contribution < -0.4 is 4.72 Å². The first kappa shape index (κ1) is 18.7. The van der Waals surface area contributed by atoms with Crippen molar-refractivity contribution in [2.45, 2.75) is 18.7 Å². The van der Waals surface area contributed by atoms with Crippen LogP contribution in [0.2, 0.25) is 5.02 Å². The van der Waals surface area contributed by atoms with Crippen LogP contribution in [0.25, 0.3) is 11.0 Å². The van der Waals surface area contributed by atoms with Gasteiger partial charge in [-0.1, -0.05) is 11.6 Å². The molecule has 8 nitrogen and oxygen atoms in total. The number of aryl methyl sites for hydroxylation is 2. The Labute approximate surface area is 178 Å². The fourth-order valence-corrected chi connectivity index (χ4v) is 4.13. The maximum absolute atomic E-state index is 13.3. The van der Waals surface area contributed by atoms with E-state index >= 15 is 0 Å². The second-order valence-corrected chi connectivity index (χ2v) is 8.69. The van der Waals surface area contributed by atoms with Crippen LogP contribution in [0.1, 0.15) is 28.7 Å². The van der Waals surface area contributed by atoms with Crippen LogP contribution in [0.15, 0.2) is 53.9 Å². The molecule has 30 heavy (non-hydrogen) atoms. The number of hydrogen-bond donors (Lipinski definition) is 2. The first-order chi connectivity index (χ1) is 14.7. The van der Waals surface area contributed by atoms with Crippen LogP contribution >= 0.6 is 11.6 Å². The SMILES string of the molecule is [2H]c1c(C)cnc(C(=O)c2ncnc3[nH]ccc23)c1NS(=O)(=O)c1ccc(Cl)c(C)c1. The summed E-state index contributed by atoms with van der Waals surface area (Å²) >= 11 is 6.00. The number of fused-ring (bicyclic) bond motifs is 1. The summed E-state index contributed by atoms with van der Waals surface area (Å²) in [6.45, 7) is 3.28. The number of nitrogens with zero attached hydrogens (tertiary/aromatic N) is 3. The van der Waals surface area contributed by atoms with Gasteiger partial charge in [0.2, 0.25) is 5.78 Å². The van der Waals surface area contributed by atoms with E-state index in [-0.39, 0.29) is 28.0 Å². The molecule has 10 heteroatoms. The Balaban J connectivity index is 1.83. The van der Waals surface area contributed by atoms with E-state index in [9.17, 15) is 13.2 Å². The molecule has 0 aliphatic heterocycles. The Morgan fingerprint density at radius 3 is 2.73 bits per heavy atom. The molecule has 1 aromatic carbocycles. The number of H-pyrrole nitrogens is 1. The number of ketones is 1. The van der Waals surface area contributed by atoms with E-state index in [2.05, 4.69) is 24.7 Å². The summed E-state index contributed by atoms with van der Waals surface area (Å²) in [7, 11) is -4.12. The lowest BCUT2D eigenvalue weighted by Crippen LogP contribution is -2.18. The Hall–Kier alpha value is -3.30. The Morgan fingerprint density at radius 2 is 1.97 bits per heavy atom. The molecule has 152 valence electrons. The number of rotatable bonds is 5. The highest BCUT2D eigenvalue weighted by Crippen LogP contribution is 2.26. The third-order valence-electron chi connectivity index (χ3n) is 4.41. The minimum absolute atomic E-state index is 0.0461. The molecule has 0 saturated carbocycles. The van der Waals surface area contributed by atoms with Crippen LogP contribution in [-0.2, 0) is 10.0 Å². The minimum atomic E-state index is -4.12. The van der Waals surface area contributed by atoms with Gasteiger partial charge in [-0.15, -0.1) is 0 Å². The molecule has 3 heterocycles. The molecule has 0 fully saturated rings. The smallest absolute Gasteiger partial charge is 0.261 e. The Kier molecular flexibility index (Phi) is 4.68. The van der Waals surface area contributed by atoms with E-state index in [1.807, 2.05) is 0 Å². The normalized spacial score (nSPS) is 12.0. The molecular weight excluding hydrogens is 426 g/mol. The lowest BCUT2D eigenvalue weighted by Gasteiger charge is -2.13. The number of carbonyl (C=O) groups is 1. The van der Waals surface area contributed by atoms with Gasteiger partial charge in [-0.05, 0) is 55.3 Å². The molecule has 0 aliphatic carbocycles. The molecule has 0 bridgehead atoms. The number of hydrogen-bond acceptors (Lipinski definition) is 6. The van der Waals surface area contributed by atoms with Crippen molar-refractivity contribution in [3.05, 3.63) is 76.6 Å². The van der Waals surface area contributed by atoms with Gasteiger partial charge in [0.15, 0.2) is 0 Å². The summed E-state index contributed by atoms with van der Waals surface area (Å²) in [5.41, 5.74) is 1.02. The lowest BCUT2D eigenvalue weighted by molar-refractivity contribution is 0.103. The van der Waals surface area contributed by atoms with Crippen molar-refractivity contribution in [1.29, 1.82) is 0 Å². The summed E-state index contributed by atoms with van der Waals surface area (Å²) in [4.78, 5) is 28.3. The zero-order chi connectivity index (χ0) is 22.3. The van der Waals surface area contributed by atoms with Gasteiger partial charge in [-0.25, -0.2) is 18.4 Å². The quantitative estimate of drug-likeness (QED) is 0.455. The van der Waals surface area contributed by atoms with Gasteiger partial charge in [0.05, 0.1) is 12.0 Å². The number of pyridine rings is 1. The van der Waals surface area contributed by atoms with Crippen molar-refractivity contribution in [3.8, 4) is 0 Å². The average molecular weight is 443 g/mol. The summed E-state index contributed by atoms with van der Waals surface area (Å²) in [6, 6.07) is 5.70. The molecule has 3 aromatic heterocycles. The van der Waals surface area contributed by atoms with Crippen molar-refractivity contribution in [1.82, 2.24) is 19.9 Å². The molecule has 0 spiro atoms. The maximum atomic E-state index is 13.3. The largest absolute Gasteiger partial charge is 0.346 e. The van der Waals surface area contributed by atoms with E-state index in [0.717, 1.165) is 0 Å². The van der Waals surface area contributed by atoms with Crippen molar-refractivity contribution in [2.24, 2.45) is 0 Å². The van der Waals surface area contributed by atoms with Crippen molar-refractivity contribution < 1.29 is 14.6 Å². The van der Waals surface area contributed by atoms with Crippen LogP contribution in [0.5, 0.6) is 0 Å². The van der Waals surface area contributed by atoms with Crippen LogP contribution in [0.3, 0.4) is 0 Å². The second-order valence-electron chi connectivity index (χ2n) is 6.60. The van der Waals surface area contributed by atoms with E-state index in [1.54, 1.807) is 26.1 Å². The number of aromatic nitrogens is 4. The molecule has 0 amide bonds. The van der Waals surface area contributed by atoms with Crippen LogP contribution in [-0.4, -0.2) is 34.1 Å². The van der Waals surface area contributed by atoms with Crippen LogP contribution in [0, 0.1) is 13.8 Å². The first-order valence-electron chi connectivity index (χ1n) is 9.27. The molecule has 0 aliphatic rings. The van der Waals surface area contributed by atoms with Gasteiger partial charge in [-0.3, -0.25) is 14.5 Å². The number of halogens is 1. The van der Waals surface area contributed by atoms with Gasteiger partial charge >= 0.3 is 0 Å². The third-order valence-corrected chi connectivity index (χ3v) is 6.18. The summed E-state index contributed by atoms with van der Waals surface area (Å²) in [6.07, 6.45) is 4.18. The monoisotopic (exact) mass is 442 g/mol. The molecule has 0 atom stereocenters. The highest BCUT2D eigenvalue weighted by Gasteiger charge is 2.24. The zero-order valence-electron chi connectivity index (χ0n) is 16.9. The Bertz CT molecular complexity index is 1450. The summed E-state index contributed by atoms with van der Waals surface area (Å²) in [5, 5.41) is 0.885. The third kappa shape index (κ3) is 3.64. The highest BCUT2D eigenvalue weighted by atomic mass is 35.5. The Morgan fingerprint density at radius 1 is 1.17 bits per heavy atom. The molecule has 2 N–H and O–H groups in total. The molecule has 0 saturated heterocycles. The molecule has 4 rings (SSSR count). The van der Waals surface area contributed by atoms with Crippen molar-refractivity contribution >= 4 is 44.1 Å². The summed E-state index contributed by atoms with van der Waals surface area (Å²) < 4.78 is 36.7. The van der Waals surface area contributed by atoms with Gasteiger partial charge in [0.25, 0.3) is 10.0 Å². The fraction of sp³-hybridized carbons (Fsp3) is 0.100. The predicted octanol–water partition coefficient (Wildman–Crippen LogP) is 3.65. The predicted molar refractivity (Wildman–Crippen MR) is 113 cm³/mol. The standard InChI is InChI=1S/C20H16ClN5O3S/c1-11-7-16(26-30(28,29)13-3-4-15(21)12(2)8-13)18(23-9-11)19(27)17-14-5-6-22-20(14)25-10-24-17/h3-10,26H,1-2H3,(H,22,24,25)/i7D. The number of aromatic amines is 1. The maximum Gasteiger partial charge on any atom is 0.261 e. The number of sulfonamides is 1. The minimum Gasteiger partial charge on any atom is -0.346 e. The zero-order valence-corrected chi connectivity index (χ0v) is 17.5. The molecule has 4 aromatic rings. The molecule has 0 radical (unpaired) electrons. The van der Waals surface area contributed by atoms with Gasteiger partial charge in [0, 0.05) is 22.8 Å². The van der Waals surface area contributed by atoms with E-state index in [0.29, 0.717) is 27.2 Å². The fourth-order valence-electron chi connectivity index (χ4n) is 2.90. The summed E-state index contributed by atoms with van der Waals surface area (Å²) in [5.74, 6) is -0.634. The topological polar surface area (TPSA) is 118 Å². The van der Waals surface area contributed by atoms with E-state index < -0.39 is 15.8 Å². The van der Waals surface area contributed by atoms with Crippen LogP contribution in [0.4, 0.5) is 5.69 Å². The number of anilines is 1. The van der Waals surface area contributed by atoms with Gasteiger partial charge in [-0.2, -0.15) is 0 Å². The highest BCUT2D eigenvalue weighted by molar-refractivity contribution is 7.92. The molecular formula is C20H16ClN5O3S. The average Bonchev–Trinajstić information content (AvgIpc) is 3.22. The first-order valence-corrected chi connectivity index (χ1v) is 10.6. The molecule has 0 unspecified atom stereocenters.